The summed E-state index contributed by atoms with van der Waals surface area (Å²) in [7, 11) is 0. The predicted molar refractivity (Wildman–Crippen MR) is 103 cm³/mol. The van der Waals surface area contributed by atoms with Gasteiger partial charge in [0, 0.05) is 22.9 Å². The number of para-hydroxylation sites is 1. The van der Waals surface area contributed by atoms with Crippen LogP contribution >= 0.6 is 0 Å². The van der Waals surface area contributed by atoms with E-state index < -0.39 is 0 Å². The van der Waals surface area contributed by atoms with Crippen molar-refractivity contribution in [3.63, 3.8) is 0 Å². The second-order valence-electron chi connectivity index (χ2n) is 6.94. The first-order valence-corrected chi connectivity index (χ1v) is 8.73. The van der Waals surface area contributed by atoms with Gasteiger partial charge in [0.15, 0.2) is 0 Å². The van der Waals surface area contributed by atoms with Crippen LogP contribution in [0.1, 0.15) is 27.7 Å². The third-order valence-electron chi connectivity index (χ3n) is 4.58. The van der Waals surface area contributed by atoms with E-state index in [1.165, 1.54) is 0 Å². The van der Waals surface area contributed by atoms with Gasteiger partial charge in [0.1, 0.15) is 6.54 Å². The molecule has 25 heavy (non-hydrogen) atoms. The Morgan fingerprint density at radius 1 is 0.880 bits per heavy atom. The quantitative estimate of drug-likeness (QED) is 0.680. The van der Waals surface area contributed by atoms with E-state index in [9.17, 15) is 9.59 Å². The molecule has 3 rings (SSSR count). The van der Waals surface area contributed by atoms with E-state index in [2.05, 4.69) is 0 Å². The molecular formula is C21H24N2O2. The van der Waals surface area contributed by atoms with E-state index in [0.717, 1.165) is 16.3 Å². The highest BCUT2D eigenvalue weighted by molar-refractivity contribution is 6.05. The Bertz CT molecular complexity index is 978. The molecule has 0 saturated carbocycles. The standard InChI is InChI=1S/C21H24N2O2/c1-14(2)23(15(3)4)20(24)13-22-19-12-8-7-10-17(19)16-9-5-6-11-18(16)21(22)25/h5-12,14-15H,13H2,1-4H3. The minimum absolute atomic E-state index is 0.0347. The van der Waals surface area contributed by atoms with Crippen LogP contribution in [0.4, 0.5) is 0 Å². The molecule has 0 saturated heterocycles. The van der Waals surface area contributed by atoms with E-state index >= 15 is 0 Å². The molecular weight excluding hydrogens is 312 g/mol. The second kappa shape index (κ2) is 6.71. The number of aromatic nitrogens is 1. The van der Waals surface area contributed by atoms with Crippen LogP contribution in [0.15, 0.2) is 53.3 Å². The fraction of sp³-hybridized carbons (Fsp3) is 0.333. The van der Waals surface area contributed by atoms with Gasteiger partial charge in [0.2, 0.25) is 5.91 Å². The molecule has 0 aliphatic rings. The van der Waals surface area contributed by atoms with Crippen LogP contribution in [0, 0.1) is 0 Å². The highest BCUT2D eigenvalue weighted by Gasteiger charge is 2.22. The van der Waals surface area contributed by atoms with E-state index in [1.54, 1.807) is 4.57 Å². The number of benzene rings is 2. The lowest BCUT2D eigenvalue weighted by molar-refractivity contribution is -0.135. The zero-order valence-corrected chi connectivity index (χ0v) is 15.2. The average Bonchev–Trinajstić information content (AvgIpc) is 2.58. The maximum Gasteiger partial charge on any atom is 0.259 e. The van der Waals surface area contributed by atoms with Crippen LogP contribution in [-0.2, 0) is 11.3 Å². The van der Waals surface area contributed by atoms with Gasteiger partial charge in [-0.1, -0.05) is 36.4 Å². The molecule has 4 heteroatoms. The molecule has 130 valence electrons. The summed E-state index contributed by atoms with van der Waals surface area (Å²) in [4.78, 5) is 27.8. The summed E-state index contributed by atoms with van der Waals surface area (Å²) in [6, 6.07) is 15.5. The van der Waals surface area contributed by atoms with E-state index in [4.69, 9.17) is 0 Å². The molecule has 0 radical (unpaired) electrons. The maximum atomic E-state index is 13.0. The van der Waals surface area contributed by atoms with E-state index in [0.29, 0.717) is 5.39 Å². The summed E-state index contributed by atoms with van der Waals surface area (Å²) < 4.78 is 1.61. The zero-order valence-electron chi connectivity index (χ0n) is 15.2. The molecule has 0 aliphatic carbocycles. The first-order chi connectivity index (χ1) is 11.9. The van der Waals surface area contributed by atoms with Crippen molar-refractivity contribution in [2.24, 2.45) is 0 Å². The summed E-state index contributed by atoms with van der Waals surface area (Å²) in [6.45, 7) is 8.05. The summed E-state index contributed by atoms with van der Waals surface area (Å²) in [6.07, 6.45) is 0. The molecule has 0 aliphatic heterocycles. The molecule has 1 aromatic heterocycles. The molecule has 0 unspecified atom stereocenters. The Balaban J connectivity index is 2.20. The summed E-state index contributed by atoms with van der Waals surface area (Å²) in [5.74, 6) is -0.0347. The van der Waals surface area contributed by atoms with Gasteiger partial charge in [-0.05, 0) is 45.2 Å². The van der Waals surface area contributed by atoms with E-state index in [-0.39, 0.29) is 30.1 Å². The number of hydrogen-bond acceptors (Lipinski definition) is 2. The topological polar surface area (TPSA) is 42.3 Å². The molecule has 0 fully saturated rings. The molecule has 0 bridgehead atoms. The van der Waals surface area contributed by atoms with Gasteiger partial charge >= 0.3 is 0 Å². The smallest absolute Gasteiger partial charge is 0.259 e. The predicted octanol–water partition coefficient (Wildman–Crippen LogP) is 3.80. The molecule has 0 N–H and O–H groups in total. The van der Waals surface area contributed by atoms with Crippen molar-refractivity contribution >= 4 is 27.6 Å². The minimum Gasteiger partial charge on any atom is -0.336 e. The summed E-state index contributed by atoms with van der Waals surface area (Å²) in [5, 5.41) is 2.57. The van der Waals surface area contributed by atoms with Crippen molar-refractivity contribution in [1.29, 1.82) is 0 Å². The van der Waals surface area contributed by atoms with Gasteiger partial charge in [-0.3, -0.25) is 14.2 Å². The first kappa shape index (κ1) is 17.2. The van der Waals surface area contributed by atoms with Crippen molar-refractivity contribution in [3.8, 4) is 0 Å². The zero-order chi connectivity index (χ0) is 18.1. The Labute approximate surface area is 147 Å². The van der Waals surface area contributed by atoms with Crippen molar-refractivity contribution < 1.29 is 4.79 Å². The number of carbonyl (C=O) groups is 1. The lowest BCUT2D eigenvalue weighted by Crippen LogP contribution is -2.44. The summed E-state index contributed by atoms with van der Waals surface area (Å²) >= 11 is 0. The monoisotopic (exact) mass is 336 g/mol. The van der Waals surface area contributed by atoms with Crippen molar-refractivity contribution in [2.45, 2.75) is 46.3 Å². The first-order valence-electron chi connectivity index (χ1n) is 8.73. The molecule has 1 heterocycles. The Morgan fingerprint density at radius 2 is 1.40 bits per heavy atom. The molecule has 0 spiro atoms. The highest BCUT2D eigenvalue weighted by atomic mass is 16.2. The fourth-order valence-electron chi connectivity index (χ4n) is 3.64. The Kier molecular flexibility index (Phi) is 4.62. The lowest BCUT2D eigenvalue weighted by atomic mass is 10.1. The number of rotatable bonds is 4. The number of fused-ring (bicyclic) bond motifs is 3. The van der Waals surface area contributed by atoms with Crippen LogP contribution in [0.3, 0.4) is 0 Å². The van der Waals surface area contributed by atoms with E-state index in [1.807, 2.05) is 81.1 Å². The van der Waals surface area contributed by atoms with Gasteiger partial charge in [0.05, 0.1) is 5.52 Å². The van der Waals surface area contributed by atoms with Crippen LogP contribution in [-0.4, -0.2) is 27.5 Å². The normalized spacial score (nSPS) is 11.6. The molecule has 2 aromatic carbocycles. The van der Waals surface area contributed by atoms with Crippen molar-refractivity contribution in [3.05, 3.63) is 58.9 Å². The van der Waals surface area contributed by atoms with Crippen LogP contribution in [0.5, 0.6) is 0 Å². The van der Waals surface area contributed by atoms with Gasteiger partial charge in [-0.2, -0.15) is 0 Å². The van der Waals surface area contributed by atoms with Crippen LogP contribution < -0.4 is 5.56 Å². The summed E-state index contributed by atoms with van der Waals surface area (Å²) in [5.41, 5.74) is 0.683. The SMILES string of the molecule is CC(C)N(C(=O)Cn1c(=O)c2ccccc2c2ccccc21)C(C)C. The number of hydrogen-bond donors (Lipinski definition) is 0. The average molecular weight is 336 g/mol. The number of amides is 1. The third-order valence-corrected chi connectivity index (χ3v) is 4.58. The number of carbonyl (C=O) groups excluding carboxylic acids is 1. The third kappa shape index (κ3) is 3.04. The fourth-order valence-corrected chi connectivity index (χ4v) is 3.64. The second-order valence-corrected chi connectivity index (χ2v) is 6.94. The van der Waals surface area contributed by atoms with Gasteiger partial charge in [-0.25, -0.2) is 0 Å². The van der Waals surface area contributed by atoms with Gasteiger partial charge < -0.3 is 4.90 Å². The van der Waals surface area contributed by atoms with Crippen LogP contribution in [0.25, 0.3) is 21.7 Å². The number of nitrogens with zero attached hydrogens (tertiary/aromatic N) is 2. The lowest BCUT2D eigenvalue weighted by Gasteiger charge is -2.31. The Morgan fingerprint density at radius 3 is 2.00 bits per heavy atom. The molecule has 4 nitrogen and oxygen atoms in total. The number of pyridine rings is 1. The van der Waals surface area contributed by atoms with Crippen molar-refractivity contribution in [1.82, 2.24) is 9.47 Å². The minimum atomic E-state index is -0.116. The van der Waals surface area contributed by atoms with Crippen molar-refractivity contribution in [2.75, 3.05) is 0 Å². The highest BCUT2D eigenvalue weighted by Crippen LogP contribution is 2.22. The molecule has 3 aromatic rings. The maximum absolute atomic E-state index is 13.0. The van der Waals surface area contributed by atoms with Gasteiger partial charge in [-0.15, -0.1) is 0 Å². The van der Waals surface area contributed by atoms with Gasteiger partial charge in [0.25, 0.3) is 5.56 Å². The largest absolute Gasteiger partial charge is 0.336 e. The van der Waals surface area contributed by atoms with Crippen LogP contribution in [0.2, 0.25) is 0 Å². The molecule has 0 atom stereocenters. The Hall–Kier alpha value is -2.62. The molecule has 1 amide bonds.